The van der Waals surface area contributed by atoms with E-state index >= 15 is 0 Å². The molecule has 0 amide bonds. The van der Waals surface area contributed by atoms with Gasteiger partial charge >= 0.3 is 6.18 Å². The summed E-state index contributed by atoms with van der Waals surface area (Å²) in [6.07, 6.45) is -2.16. The van der Waals surface area contributed by atoms with Crippen molar-refractivity contribution in [2.75, 3.05) is 31.7 Å². The molecule has 0 aliphatic carbocycles. The lowest BCUT2D eigenvalue weighted by Crippen LogP contribution is -2.35. The number of nitrogens with zero attached hydrogens (tertiary/aromatic N) is 6. The zero-order chi connectivity index (χ0) is 29.9. The SMILES string of the molecule is COC[C@@H]1COc2c(OCC(F)(F)F)ccnc2-c2nnc(NS(=O)(=O)C(C)C(OC(C)C)c3ncc(Cl)cn3)n21. The number of anilines is 1. The first kappa shape index (κ1) is 30.7. The van der Waals surface area contributed by atoms with Gasteiger partial charge in [0.2, 0.25) is 16.0 Å². The van der Waals surface area contributed by atoms with Crippen LogP contribution < -0.4 is 14.2 Å². The number of nitrogens with one attached hydrogen (secondary N) is 1. The molecule has 0 fully saturated rings. The number of halogens is 4. The number of fused-ring (bicyclic) bond motifs is 3. The Morgan fingerprint density at radius 3 is 2.54 bits per heavy atom. The fourth-order valence-electron chi connectivity index (χ4n) is 3.97. The Balaban J connectivity index is 1.71. The first-order valence-electron chi connectivity index (χ1n) is 12.2. The molecule has 41 heavy (non-hydrogen) atoms. The molecule has 0 radical (unpaired) electrons. The molecule has 1 N–H and O–H groups in total. The Hall–Kier alpha value is -3.28. The van der Waals surface area contributed by atoms with Crippen LogP contribution in [0.15, 0.2) is 24.7 Å². The Kier molecular flexibility index (Phi) is 9.20. The van der Waals surface area contributed by atoms with Gasteiger partial charge in [-0.05, 0) is 20.8 Å². The molecule has 3 atom stereocenters. The van der Waals surface area contributed by atoms with Gasteiger partial charge in [-0.25, -0.2) is 23.4 Å². The van der Waals surface area contributed by atoms with E-state index in [9.17, 15) is 21.6 Å². The van der Waals surface area contributed by atoms with E-state index in [1.807, 2.05) is 0 Å². The molecule has 4 rings (SSSR count). The van der Waals surface area contributed by atoms with Gasteiger partial charge in [0.05, 0.1) is 23.8 Å². The van der Waals surface area contributed by atoms with Gasteiger partial charge in [0.1, 0.15) is 18.0 Å². The van der Waals surface area contributed by atoms with Crippen molar-refractivity contribution < 1.29 is 40.5 Å². The van der Waals surface area contributed by atoms with Crippen LogP contribution in [0.3, 0.4) is 0 Å². The summed E-state index contributed by atoms with van der Waals surface area (Å²) in [6, 6.07) is 0.519. The van der Waals surface area contributed by atoms with Crippen LogP contribution >= 0.6 is 11.6 Å². The van der Waals surface area contributed by atoms with E-state index in [2.05, 4.69) is 29.9 Å². The van der Waals surface area contributed by atoms with E-state index in [4.69, 9.17) is 30.5 Å². The number of methoxy groups -OCH3 is 1. The number of aromatic nitrogens is 6. The molecule has 0 saturated heterocycles. The molecule has 0 saturated carbocycles. The molecule has 1 aliphatic rings. The number of ether oxygens (including phenoxy) is 4. The number of rotatable bonds is 11. The van der Waals surface area contributed by atoms with Gasteiger partial charge in [0, 0.05) is 31.8 Å². The normalized spacial score (nSPS) is 16.8. The van der Waals surface area contributed by atoms with Gasteiger partial charge in [0.25, 0.3) is 0 Å². The fraction of sp³-hybridized carbons (Fsp3) is 0.522. The number of alkyl halides is 3. The van der Waals surface area contributed by atoms with Crippen LogP contribution in [-0.4, -0.2) is 82.6 Å². The average Bonchev–Trinajstić information content (AvgIpc) is 3.23. The van der Waals surface area contributed by atoms with Gasteiger partial charge in [-0.1, -0.05) is 11.6 Å². The third-order valence-electron chi connectivity index (χ3n) is 5.77. The standard InChI is InChI=1S/C23H27ClF3N7O6S/c1-12(2)40-18(20-29-7-14(24)8-30-20)13(3)41(35,36)33-22-32-31-21-17-19(38-10-15(9-37-4)34(21)22)16(5-6-28-17)39-11-23(25,26)27/h5-8,12-13,15,18H,9-11H2,1-4H3,(H,32,33)/t13?,15-,18?/m1/s1. The maximum atomic E-state index is 13.6. The molecule has 2 unspecified atom stereocenters. The largest absolute Gasteiger partial charge is 0.485 e. The molecule has 4 heterocycles. The van der Waals surface area contributed by atoms with E-state index in [0.29, 0.717) is 0 Å². The molecule has 0 bridgehead atoms. The highest BCUT2D eigenvalue weighted by Gasteiger charge is 2.38. The van der Waals surface area contributed by atoms with E-state index in [1.165, 1.54) is 43.3 Å². The molecular formula is C23H27ClF3N7O6S. The zero-order valence-electron chi connectivity index (χ0n) is 22.3. The lowest BCUT2D eigenvalue weighted by atomic mass is 10.2. The lowest BCUT2D eigenvalue weighted by Gasteiger charge is -2.26. The lowest BCUT2D eigenvalue weighted by molar-refractivity contribution is -0.153. The van der Waals surface area contributed by atoms with Gasteiger partial charge in [-0.2, -0.15) is 13.2 Å². The van der Waals surface area contributed by atoms with Gasteiger partial charge < -0.3 is 18.9 Å². The summed E-state index contributed by atoms with van der Waals surface area (Å²) < 4.78 is 91.4. The molecule has 3 aromatic rings. The molecule has 3 aromatic heterocycles. The second kappa shape index (κ2) is 12.3. The highest BCUT2D eigenvalue weighted by Crippen LogP contribution is 2.41. The highest BCUT2D eigenvalue weighted by molar-refractivity contribution is 7.93. The van der Waals surface area contributed by atoms with Crippen molar-refractivity contribution in [1.82, 2.24) is 29.7 Å². The van der Waals surface area contributed by atoms with Crippen LogP contribution in [0.5, 0.6) is 11.5 Å². The smallest absolute Gasteiger partial charge is 0.422 e. The zero-order valence-corrected chi connectivity index (χ0v) is 23.9. The topological polar surface area (TPSA) is 152 Å². The van der Waals surface area contributed by atoms with Crippen molar-refractivity contribution in [2.24, 2.45) is 0 Å². The van der Waals surface area contributed by atoms with Crippen LogP contribution in [0, 0.1) is 0 Å². The predicted octanol–water partition coefficient (Wildman–Crippen LogP) is 3.60. The molecule has 13 nitrogen and oxygen atoms in total. The summed E-state index contributed by atoms with van der Waals surface area (Å²) in [5.74, 6) is -0.381. The van der Waals surface area contributed by atoms with Crippen molar-refractivity contribution >= 4 is 27.6 Å². The minimum absolute atomic E-state index is 0.00450. The Morgan fingerprint density at radius 2 is 1.90 bits per heavy atom. The average molecular weight is 622 g/mol. The molecule has 18 heteroatoms. The maximum absolute atomic E-state index is 13.6. The van der Waals surface area contributed by atoms with Crippen LogP contribution in [0.2, 0.25) is 5.02 Å². The third kappa shape index (κ3) is 7.14. The second-order valence-corrected chi connectivity index (χ2v) is 11.7. The summed E-state index contributed by atoms with van der Waals surface area (Å²) in [7, 11) is -2.82. The Morgan fingerprint density at radius 1 is 1.20 bits per heavy atom. The second-order valence-electron chi connectivity index (χ2n) is 9.25. The van der Waals surface area contributed by atoms with Crippen molar-refractivity contribution in [3.8, 4) is 23.0 Å². The molecular weight excluding hydrogens is 595 g/mol. The minimum Gasteiger partial charge on any atom is -0.485 e. The first-order valence-corrected chi connectivity index (χ1v) is 14.1. The quantitative estimate of drug-likeness (QED) is 0.334. The first-order chi connectivity index (χ1) is 19.3. The van der Waals surface area contributed by atoms with E-state index < -0.39 is 40.2 Å². The molecule has 0 aromatic carbocycles. The summed E-state index contributed by atoms with van der Waals surface area (Å²) in [4.78, 5) is 12.5. The van der Waals surface area contributed by atoms with E-state index in [1.54, 1.807) is 13.8 Å². The summed E-state index contributed by atoms with van der Waals surface area (Å²) in [5.41, 5.74) is 0.00450. The maximum Gasteiger partial charge on any atom is 0.422 e. The monoisotopic (exact) mass is 621 g/mol. The van der Waals surface area contributed by atoms with Crippen LogP contribution in [-0.2, 0) is 19.5 Å². The van der Waals surface area contributed by atoms with Crippen LogP contribution in [0.25, 0.3) is 11.5 Å². The molecule has 1 aliphatic heterocycles. The summed E-state index contributed by atoms with van der Waals surface area (Å²) >= 11 is 5.89. The summed E-state index contributed by atoms with van der Waals surface area (Å²) in [5, 5.41) is 7.14. The highest BCUT2D eigenvalue weighted by atomic mass is 35.5. The summed E-state index contributed by atoms with van der Waals surface area (Å²) in [6.45, 7) is 3.20. The predicted molar refractivity (Wildman–Crippen MR) is 139 cm³/mol. The molecule has 224 valence electrons. The van der Waals surface area contributed by atoms with Crippen molar-refractivity contribution in [1.29, 1.82) is 0 Å². The number of hydrogen-bond donors (Lipinski definition) is 1. The van der Waals surface area contributed by atoms with E-state index in [0.717, 1.165) is 0 Å². The van der Waals surface area contributed by atoms with Crippen LogP contribution in [0.1, 0.15) is 38.7 Å². The number of hydrogen-bond acceptors (Lipinski definition) is 11. The van der Waals surface area contributed by atoms with Gasteiger partial charge in [-0.15, -0.1) is 10.2 Å². The van der Waals surface area contributed by atoms with Crippen molar-refractivity contribution in [2.45, 2.75) is 50.4 Å². The van der Waals surface area contributed by atoms with Crippen molar-refractivity contribution in [3.63, 3.8) is 0 Å². The fourth-order valence-corrected chi connectivity index (χ4v) is 5.16. The number of pyridine rings is 1. The Labute approximate surface area is 238 Å². The van der Waals surface area contributed by atoms with Gasteiger partial charge in [0.15, 0.2) is 35.4 Å². The van der Waals surface area contributed by atoms with E-state index in [-0.39, 0.29) is 59.1 Å². The third-order valence-corrected chi connectivity index (χ3v) is 7.66. The van der Waals surface area contributed by atoms with Crippen molar-refractivity contribution in [3.05, 3.63) is 35.5 Å². The Bertz CT molecular complexity index is 1460. The molecule has 0 spiro atoms. The van der Waals surface area contributed by atoms with Crippen LogP contribution in [0.4, 0.5) is 19.1 Å². The van der Waals surface area contributed by atoms with Gasteiger partial charge in [-0.3, -0.25) is 9.29 Å². The minimum atomic E-state index is -4.59. The number of sulfonamides is 1.